The number of aliphatic imine (C=N–C) groups is 2. The van der Waals surface area contributed by atoms with Gasteiger partial charge in [-0.1, -0.05) is 0 Å². The molecule has 0 atom stereocenters. The van der Waals surface area contributed by atoms with Crippen molar-refractivity contribution in [1.29, 1.82) is 0 Å². The third-order valence-corrected chi connectivity index (χ3v) is 3.60. The summed E-state index contributed by atoms with van der Waals surface area (Å²) in [6.07, 6.45) is 6.27. The van der Waals surface area contributed by atoms with E-state index in [4.69, 9.17) is 0 Å². The molecular weight excluding hydrogens is 419 g/mol. The Kier molecular flexibility index (Phi) is 9.65. The largest absolute Gasteiger partial charge is 0.355 e. The molecule has 24 heavy (non-hydrogen) atoms. The molecule has 0 aliphatic carbocycles. The van der Waals surface area contributed by atoms with Crippen molar-refractivity contribution in [2.45, 2.75) is 32.6 Å². The topological polar surface area (TPSA) is 80.0 Å². The Morgan fingerprint density at radius 1 is 0.958 bits per heavy atom. The standard InChI is InChI=1S/C15H28N8.HI/c1-13(21-23(3)15-18-10-6-7-11-19-15)12-20-22(2)14-16-8-4-5-9-17-14;/h12H,4-11H2,1-3H3,(H,16,17)(H,18,19);1H/b20-12+,21-13-;. The minimum Gasteiger partial charge on any atom is -0.355 e. The molecule has 0 unspecified atom stereocenters. The molecule has 8 nitrogen and oxygen atoms in total. The van der Waals surface area contributed by atoms with Crippen molar-refractivity contribution >= 4 is 47.8 Å². The SMILES string of the molecule is CC(/C=N/N(C)C1=NCCCCN1)=N/N(C)C1=NCCCCN1.I. The van der Waals surface area contributed by atoms with E-state index in [0.717, 1.165) is 69.5 Å². The number of guanidine groups is 2. The van der Waals surface area contributed by atoms with E-state index >= 15 is 0 Å². The van der Waals surface area contributed by atoms with Crippen LogP contribution in [0.5, 0.6) is 0 Å². The van der Waals surface area contributed by atoms with Crippen LogP contribution in [0.3, 0.4) is 0 Å². The van der Waals surface area contributed by atoms with Gasteiger partial charge in [-0.25, -0.2) is 10.0 Å². The second kappa shape index (κ2) is 11.2. The van der Waals surface area contributed by atoms with Gasteiger partial charge in [0, 0.05) is 40.3 Å². The van der Waals surface area contributed by atoms with Crippen LogP contribution >= 0.6 is 24.0 Å². The van der Waals surface area contributed by atoms with E-state index in [9.17, 15) is 0 Å². The van der Waals surface area contributed by atoms with Gasteiger partial charge in [0.15, 0.2) is 0 Å². The van der Waals surface area contributed by atoms with E-state index in [0.29, 0.717) is 0 Å². The Hall–Kier alpha value is -1.39. The fraction of sp³-hybridized carbons (Fsp3) is 0.733. The van der Waals surface area contributed by atoms with Crippen molar-refractivity contribution in [1.82, 2.24) is 20.7 Å². The van der Waals surface area contributed by atoms with Crippen LogP contribution in [0.25, 0.3) is 0 Å². The molecule has 2 rings (SSSR count). The molecule has 136 valence electrons. The summed E-state index contributed by atoms with van der Waals surface area (Å²) in [5, 5.41) is 19.0. The van der Waals surface area contributed by atoms with Gasteiger partial charge in [0.05, 0.1) is 11.9 Å². The fourth-order valence-electron chi connectivity index (χ4n) is 2.32. The number of hydrogen-bond donors (Lipinski definition) is 2. The van der Waals surface area contributed by atoms with Crippen LogP contribution in [0.1, 0.15) is 32.6 Å². The van der Waals surface area contributed by atoms with Crippen LogP contribution in [0.15, 0.2) is 20.2 Å². The number of rotatable bonds is 3. The highest BCUT2D eigenvalue weighted by atomic mass is 127. The molecule has 2 N–H and O–H groups in total. The summed E-state index contributed by atoms with van der Waals surface area (Å²) in [5.74, 6) is 1.63. The van der Waals surface area contributed by atoms with Crippen molar-refractivity contribution in [3.63, 3.8) is 0 Å². The lowest BCUT2D eigenvalue weighted by atomic mass is 10.3. The predicted octanol–water partition coefficient (Wildman–Crippen LogP) is 1.31. The molecule has 9 heteroatoms. The zero-order valence-electron chi connectivity index (χ0n) is 14.8. The molecule has 0 bridgehead atoms. The fourth-order valence-corrected chi connectivity index (χ4v) is 2.32. The summed E-state index contributed by atoms with van der Waals surface area (Å²) < 4.78 is 0. The molecule has 0 amide bonds. The quantitative estimate of drug-likeness (QED) is 0.388. The first-order valence-corrected chi connectivity index (χ1v) is 8.30. The molecule has 2 aliphatic heterocycles. The van der Waals surface area contributed by atoms with Gasteiger partial charge in [-0.05, 0) is 32.6 Å². The van der Waals surface area contributed by atoms with E-state index in [1.54, 1.807) is 16.2 Å². The summed E-state index contributed by atoms with van der Waals surface area (Å²) in [5.41, 5.74) is 0.808. The number of nitrogens with zero attached hydrogens (tertiary/aromatic N) is 6. The lowest BCUT2D eigenvalue weighted by Gasteiger charge is -2.17. The molecule has 0 aromatic rings. The first-order valence-electron chi connectivity index (χ1n) is 8.30. The summed E-state index contributed by atoms with van der Waals surface area (Å²) in [7, 11) is 3.79. The minimum absolute atomic E-state index is 0. The van der Waals surface area contributed by atoms with Gasteiger partial charge >= 0.3 is 0 Å². The molecule has 0 spiro atoms. The highest BCUT2D eigenvalue weighted by Crippen LogP contribution is 1.99. The van der Waals surface area contributed by atoms with Crippen molar-refractivity contribution in [3.8, 4) is 0 Å². The molecule has 0 aromatic carbocycles. The van der Waals surface area contributed by atoms with Gasteiger partial charge in [-0.3, -0.25) is 9.98 Å². The maximum Gasteiger partial charge on any atom is 0.214 e. The second-order valence-electron chi connectivity index (χ2n) is 5.71. The molecule has 0 radical (unpaired) electrons. The average molecular weight is 448 g/mol. The van der Waals surface area contributed by atoms with Gasteiger partial charge in [0.25, 0.3) is 0 Å². The summed E-state index contributed by atoms with van der Waals surface area (Å²) >= 11 is 0. The molecule has 0 saturated heterocycles. The predicted molar refractivity (Wildman–Crippen MR) is 112 cm³/mol. The minimum atomic E-state index is 0. The van der Waals surface area contributed by atoms with E-state index in [1.807, 2.05) is 21.0 Å². The van der Waals surface area contributed by atoms with Gasteiger partial charge in [-0.2, -0.15) is 10.2 Å². The molecular formula is C15H29IN8. The number of nitrogens with one attached hydrogen (secondary N) is 2. The van der Waals surface area contributed by atoms with Crippen molar-refractivity contribution < 1.29 is 0 Å². The van der Waals surface area contributed by atoms with Crippen LogP contribution in [-0.2, 0) is 0 Å². The van der Waals surface area contributed by atoms with Crippen LogP contribution < -0.4 is 10.6 Å². The monoisotopic (exact) mass is 448 g/mol. The van der Waals surface area contributed by atoms with Crippen molar-refractivity contribution in [2.24, 2.45) is 20.2 Å². The second-order valence-corrected chi connectivity index (χ2v) is 5.71. The Morgan fingerprint density at radius 2 is 1.50 bits per heavy atom. The Morgan fingerprint density at radius 3 is 2.08 bits per heavy atom. The zero-order chi connectivity index (χ0) is 16.5. The Labute approximate surface area is 161 Å². The molecule has 2 aliphatic rings. The van der Waals surface area contributed by atoms with Gasteiger partial charge in [0.2, 0.25) is 11.9 Å². The van der Waals surface area contributed by atoms with E-state index in [-0.39, 0.29) is 24.0 Å². The third-order valence-electron chi connectivity index (χ3n) is 3.60. The number of halogens is 1. The summed E-state index contributed by atoms with van der Waals surface area (Å²) in [4.78, 5) is 8.98. The Bertz CT molecular complexity index is 500. The number of hydrazone groups is 2. The summed E-state index contributed by atoms with van der Waals surface area (Å²) in [6.45, 7) is 5.51. The van der Waals surface area contributed by atoms with E-state index in [1.165, 1.54) is 0 Å². The maximum absolute atomic E-state index is 4.50. The van der Waals surface area contributed by atoms with E-state index in [2.05, 4.69) is 30.8 Å². The molecule has 0 fully saturated rings. The number of hydrogen-bond acceptors (Lipinski definition) is 8. The highest BCUT2D eigenvalue weighted by Gasteiger charge is 2.08. The van der Waals surface area contributed by atoms with Gasteiger partial charge in [-0.15, -0.1) is 24.0 Å². The maximum atomic E-state index is 4.50. The highest BCUT2D eigenvalue weighted by molar-refractivity contribution is 14.0. The lowest BCUT2D eigenvalue weighted by molar-refractivity contribution is 0.515. The van der Waals surface area contributed by atoms with Crippen LogP contribution in [0, 0.1) is 0 Å². The molecule has 0 aromatic heterocycles. The van der Waals surface area contributed by atoms with Crippen LogP contribution in [0.2, 0.25) is 0 Å². The van der Waals surface area contributed by atoms with Gasteiger partial charge in [0.1, 0.15) is 0 Å². The summed E-state index contributed by atoms with van der Waals surface area (Å²) in [6, 6.07) is 0. The zero-order valence-corrected chi connectivity index (χ0v) is 17.2. The van der Waals surface area contributed by atoms with Crippen LogP contribution in [0.4, 0.5) is 0 Å². The van der Waals surface area contributed by atoms with Crippen molar-refractivity contribution in [2.75, 3.05) is 40.3 Å². The van der Waals surface area contributed by atoms with Gasteiger partial charge < -0.3 is 10.6 Å². The van der Waals surface area contributed by atoms with Crippen LogP contribution in [-0.4, -0.2) is 74.1 Å². The Balaban J connectivity index is 0.00000288. The van der Waals surface area contributed by atoms with Crippen molar-refractivity contribution in [3.05, 3.63) is 0 Å². The average Bonchev–Trinajstić information content (AvgIpc) is 2.97. The molecule has 2 heterocycles. The normalized spacial score (nSPS) is 19.0. The smallest absolute Gasteiger partial charge is 0.214 e. The first kappa shape index (κ1) is 20.7. The lowest BCUT2D eigenvalue weighted by Crippen LogP contribution is -2.36. The third kappa shape index (κ3) is 7.02. The van der Waals surface area contributed by atoms with E-state index < -0.39 is 0 Å². The molecule has 0 saturated carbocycles. The first-order chi connectivity index (χ1) is 11.2.